The van der Waals surface area contributed by atoms with Crippen LogP contribution in [0.1, 0.15) is 57.6 Å². The molecule has 1 fully saturated rings. The fraction of sp³-hybridized carbons (Fsp3) is 0.696. The highest BCUT2D eigenvalue weighted by Crippen LogP contribution is 2.41. The molecular weight excluding hydrogens is 399 g/mol. The summed E-state index contributed by atoms with van der Waals surface area (Å²) in [5, 5.41) is 2.85. The Morgan fingerprint density at radius 3 is 2.53 bits per heavy atom. The number of amides is 1. The third-order valence-corrected chi connectivity index (χ3v) is 7.60. The van der Waals surface area contributed by atoms with Gasteiger partial charge in [0.2, 0.25) is 5.91 Å². The molecule has 0 aromatic heterocycles. The van der Waals surface area contributed by atoms with Crippen LogP contribution in [0.3, 0.4) is 0 Å². The van der Waals surface area contributed by atoms with Crippen molar-refractivity contribution < 1.29 is 19.1 Å². The standard InChI is InChI=1S/C23H37N2O4P/c1-23(2,3)20-7-4-17(5-8-20)14-18-6-9-21-19(15-18)10-12-25(21)22(26)16-24-11-13-30(27,28)29/h6,9,15,17,20,24H,4-5,7-8,10-14,16H2,1-3H3,(H2,27,28,29). The largest absolute Gasteiger partial charge is 0.326 e. The minimum atomic E-state index is -4.02. The zero-order chi connectivity index (χ0) is 21.9. The summed E-state index contributed by atoms with van der Waals surface area (Å²) in [5.74, 6) is 1.55. The van der Waals surface area contributed by atoms with Gasteiger partial charge in [-0.1, -0.05) is 32.9 Å². The van der Waals surface area contributed by atoms with Crippen LogP contribution in [-0.2, 0) is 22.2 Å². The highest BCUT2D eigenvalue weighted by Gasteiger charge is 2.30. The van der Waals surface area contributed by atoms with E-state index in [1.54, 1.807) is 4.90 Å². The molecule has 0 spiro atoms. The van der Waals surface area contributed by atoms with E-state index < -0.39 is 7.60 Å². The van der Waals surface area contributed by atoms with Crippen LogP contribution in [0, 0.1) is 17.3 Å². The summed E-state index contributed by atoms with van der Waals surface area (Å²) in [5.41, 5.74) is 4.01. The molecule has 168 valence electrons. The van der Waals surface area contributed by atoms with Gasteiger partial charge in [0.15, 0.2) is 0 Å². The van der Waals surface area contributed by atoms with E-state index in [0.717, 1.165) is 30.4 Å². The van der Waals surface area contributed by atoms with Crippen molar-refractivity contribution in [1.82, 2.24) is 5.32 Å². The first-order chi connectivity index (χ1) is 14.0. The summed E-state index contributed by atoms with van der Waals surface area (Å²) in [6.07, 6.45) is 7.02. The minimum absolute atomic E-state index is 0.0484. The van der Waals surface area contributed by atoms with Crippen molar-refractivity contribution in [3.8, 4) is 0 Å². The fourth-order valence-electron chi connectivity index (χ4n) is 4.92. The maximum atomic E-state index is 12.5. The Balaban J connectivity index is 1.51. The van der Waals surface area contributed by atoms with Gasteiger partial charge in [-0.15, -0.1) is 0 Å². The van der Waals surface area contributed by atoms with Crippen molar-refractivity contribution in [3.05, 3.63) is 29.3 Å². The van der Waals surface area contributed by atoms with Crippen LogP contribution in [0.5, 0.6) is 0 Å². The number of nitrogens with zero attached hydrogens (tertiary/aromatic N) is 1. The van der Waals surface area contributed by atoms with Crippen molar-refractivity contribution in [2.24, 2.45) is 17.3 Å². The Morgan fingerprint density at radius 1 is 1.20 bits per heavy atom. The van der Waals surface area contributed by atoms with Crippen LogP contribution in [0.2, 0.25) is 0 Å². The van der Waals surface area contributed by atoms with E-state index in [1.807, 2.05) is 0 Å². The van der Waals surface area contributed by atoms with E-state index in [-0.39, 0.29) is 25.2 Å². The van der Waals surface area contributed by atoms with E-state index in [2.05, 4.69) is 44.3 Å². The Kier molecular flexibility index (Phi) is 7.44. The van der Waals surface area contributed by atoms with Crippen LogP contribution in [-0.4, -0.2) is 41.5 Å². The predicted molar refractivity (Wildman–Crippen MR) is 121 cm³/mol. The predicted octanol–water partition coefficient (Wildman–Crippen LogP) is 3.74. The Hall–Kier alpha value is -1.20. The van der Waals surface area contributed by atoms with Crippen molar-refractivity contribution >= 4 is 19.2 Å². The SMILES string of the molecule is CC(C)(C)C1CCC(Cc2ccc3c(c2)CCN3C(=O)CNCCP(=O)(O)O)CC1. The molecule has 0 radical (unpaired) electrons. The average Bonchev–Trinajstić information content (AvgIpc) is 3.07. The lowest BCUT2D eigenvalue weighted by Gasteiger charge is -2.37. The third kappa shape index (κ3) is 6.40. The zero-order valence-electron chi connectivity index (χ0n) is 18.6. The second-order valence-electron chi connectivity index (χ2n) is 10.1. The Bertz CT molecular complexity index is 791. The van der Waals surface area contributed by atoms with Crippen LogP contribution < -0.4 is 10.2 Å². The smallest absolute Gasteiger partial charge is 0.324 e. The topological polar surface area (TPSA) is 89.9 Å². The first-order valence-electron chi connectivity index (χ1n) is 11.2. The number of benzene rings is 1. The number of carbonyl (C=O) groups excluding carboxylic acids is 1. The van der Waals surface area contributed by atoms with Gasteiger partial charge < -0.3 is 20.0 Å². The highest BCUT2D eigenvalue weighted by molar-refractivity contribution is 7.51. The fourth-order valence-corrected chi connectivity index (χ4v) is 5.37. The second-order valence-corrected chi connectivity index (χ2v) is 11.9. The quantitative estimate of drug-likeness (QED) is 0.448. The van der Waals surface area contributed by atoms with Gasteiger partial charge in [0.1, 0.15) is 0 Å². The normalized spacial score (nSPS) is 22.2. The van der Waals surface area contributed by atoms with Gasteiger partial charge in [-0.3, -0.25) is 9.36 Å². The lowest BCUT2D eigenvalue weighted by atomic mass is 9.69. The van der Waals surface area contributed by atoms with Gasteiger partial charge in [-0.05, 0) is 73.0 Å². The van der Waals surface area contributed by atoms with Gasteiger partial charge in [-0.25, -0.2) is 0 Å². The van der Waals surface area contributed by atoms with E-state index in [0.29, 0.717) is 12.0 Å². The number of hydrogen-bond donors (Lipinski definition) is 3. The summed E-state index contributed by atoms with van der Waals surface area (Å²) >= 11 is 0. The van der Waals surface area contributed by atoms with Crippen LogP contribution >= 0.6 is 7.60 Å². The molecular formula is C23H37N2O4P. The first kappa shape index (κ1) is 23.5. The summed E-state index contributed by atoms with van der Waals surface area (Å²) in [6, 6.07) is 6.52. The average molecular weight is 437 g/mol. The van der Waals surface area contributed by atoms with Crippen LogP contribution in [0.15, 0.2) is 18.2 Å². The van der Waals surface area contributed by atoms with Gasteiger partial charge in [0.25, 0.3) is 0 Å². The number of carbonyl (C=O) groups is 1. The number of fused-ring (bicyclic) bond motifs is 1. The van der Waals surface area contributed by atoms with Gasteiger partial charge in [0, 0.05) is 18.8 Å². The Morgan fingerprint density at radius 2 is 1.90 bits per heavy atom. The molecule has 1 aromatic carbocycles. The van der Waals surface area contributed by atoms with E-state index in [4.69, 9.17) is 9.79 Å². The zero-order valence-corrected chi connectivity index (χ0v) is 19.5. The van der Waals surface area contributed by atoms with E-state index in [1.165, 1.54) is 36.8 Å². The number of hydrogen-bond acceptors (Lipinski definition) is 3. The highest BCUT2D eigenvalue weighted by atomic mass is 31.2. The molecule has 6 nitrogen and oxygen atoms in total. The molecule has 0 atom stereocenters. The Labute approximate surface area is 180 Å². The molecule has 30 heavy (non-hydrogen) atoms. The molecule has 0 saturated heterocycles. The minimum Gasteiger partial charge on any atom is -0.324 e. The number of nitrogens with one attached hydrogen (secondary N) is 1. The molecule has 1 saturated carbocycles. The summed E-state index contributed by atoms with van der Waals surface area (Å²) in [6.45, 7) is 7.98. The molecule has 1 aliphatic carbocycles. The molecule has 3 rings (SSSR count). The molecule has 3 N–H and O–H groups in total. The van der Waals surface area contributed by atoms with Crippen molar-refractivity contribution in [1.29, 1.82) is 0 Å². The van der Waals surface area contributed by atoms with E-state index >= 15 is 0 Å². The summed E-state index contributed by atoms with van der Waals surface area (Å²) in [7, 11) is -4.02. The van der Waals surface area contributed by atoms with Gasteiger partial charge in [-0.2, -0.15) is 0 Å². The monoisotopic (exact) mass is 436 g/mol. The van der Waals surface area contributed by atoms with Crippen molar-refractivity contribution in [2.75, 3.05) is 30.7 Å². The van der Waals surface area contributed by atoms with Crippen molar-refractivity contribution in [3.63, 3.8) is 0 Å². The van der Waals surface area contributed by atoms with Crippen LogP contribution in [0.25, 0.3) is 0 Å². The maximum absolute atomic E-state index is 12.5. The number of rotatable bonds is 7. The van der Waals surface area contributed by atoms with E-state index in [9.17, 15) is 9.36 Å². The summed E-state index contributed by atoms with van der Waals surface area (Å²) in [4.78, 5) is 32.1. The van der Waals surface area contributed by atoms with Crippen LogP contribution in [0.4, 0.5) is 5.69 Å². The molecule has 1 amide bonds. The van der Waals surface area contributed by atoms with Gasteiger partial charge in [0.05, 0.1) is 12.7 Å². The molecule has 0 bridgehead atoms. The lowest BCUT2D eigenvalue weighted by Crippen LogP contribution is -2.38. The molecule has 2 aliphatic rings. The molecule has 7 heteroatoms. The lowest BCUT2D eigenvalue weighted by molar-refractivity contribution is -0.117. The third-order valence-electron chi connectivity index (χ3n) is 6.79. The van der Waals surface area contributed by atoms with Crippen molar-refractivity contribution in [2.45, 2.75) is 59.3 Å². The number of anilines is 1. The second kappa shape index (κ2) is 9.52. The molecule has 1 aliphatic heterocycles. The maximum Gasteiger partial charge on any atom is 0.326 e. The van der Waals surface area contributed by atoms with Gasteiger partial charge >= 0.3 is 7.60 Å². The first-order valence-corrected chi connectivity index (χ1v) is 13.0. The molecule has 1 aromatic rings. The molecule has 1 heterocycles. The summed E-state index contributed by atoms with van der Waals surface area (Å²) < 4.78 is 10.9. The molecule has 0 unspecified atom stereocenters.